The highest BCUT2D eigenvalue weighted by Crippen LogP contribution is 2.29. The summed E-state index contributed by atoms with van der Waals surface area (Å²) >= 11 is 0. The molecule has 2 aromatic rings. The minimum absolute atomic E-state index is 0.776. The van der Waals surface area contributed by atoms with E-state index < -0.39 is 0 Å². The number of aromatic nitrogens is 2. The van der Waals surface area contributed by atoms with Crippen LogP contribution in [0.5, 0.6) is 0 Å². The second-order valence-corrected chi connectivity index (χ2v) is 5.64. The number of nitrogens with two attached hydrogens (primary N) is 1. The molecule has 0 spiro atoms. The number of fused-ring (bicyclic) bond motifs is 1. The van der Waals surface area contributed by atoms with Crippen molar-refractivity contribution in [2.24, 2.45) is 0 Å². The van der Waals surface area contributed by atoms with E-state index in [-0.39, 0.29) is 0 Å². The van der Waals surface area contributed by atoms with Crippen LogP contribution in [-0.2, 0) is 0 Å². The predicted octanol–water partition coefficient (Wildman–Crippen LogP) is 0.734. The zero-order valence-corrected chi connectivity index (χ0v) is 12.4. The van der Waals surface area contributed by atoms with Gasteiger partial charge in [-0.05, 0) is 19.2 Å². The Morgan fingerprint density at radius 3 is 2.55 bits per heavy atom. The van der Waals surface area contributed by atoms with Gasteiger partial charge in [-0.15, -0.1) is 5.10 Å². The molecule has 2 aromatic heterocycles. The standard InChI is InChI=1S/C14H22N6/c1-17(2)11-4-5-20-12(10-11)13(15)14(16-20)19-8-6-18(3)7-9-19/h4-5,10H,6-9,15H2,1-3H3. The molecule has 0 aliphatic carbocycles. The first-order valence-corrected chi connectivity index (χ1v) is 6.95. The van der Waals surface area contributed by atoms with Crippen molar-refractivity contribution in [1.29, 1.82) is 0 Å². The van der Waals surface area contributed by atoms with Gasteiger partial charge in [-0.3, -0.25) is 0 Å². The first kappa shape index (κ1) is 13.1. The minimum Gasteiger partial charge on any atom is -0.394 e. The molecule has 108 valence electrons. The van der Waals surface area contributed by atoms with E-state index >= 15 is 0 Å². The van der Waals surface area contributed by atoms with Crippen molar-refractivity contribution in [1.82, 2.24) is 14.5 Å². The van der Waals surface area contributed by atoms with Gasteiger partial charge < -0.3 is 20.4 Å². The summed E-state index contributed by atoms with van der Waals surface area (Å²) in [5.74, 6) is 0.911. The first-order chi connectivity index (χ1) is 9.56. The lowest BCUT2D eigenvalue weighted by atomic mass is 10.3. The van der Waals surface area contributed by atoms with Crippen LogP contribution in [-0.4, -0.2) is 61.8 Å². The van der Waals surface area contributed by atoms with E-state index in [2.05, 4.69) is 32.9 Å². The maximum absolute atomic E-state index is 6.32. The van der Waals surface area contributed by atoms with Crippen molar-refractivity contribution >= 4 is 22.7 Å². The first-order valence-electron chi connectivity index (χ1n) is 6.95. The van der Waals surface area contributed by atoms with E-state index in [0.29, 0.717) is 0 Å². The van der Waals surface area contributed by atoms with Crippen LogP contribution in [0.25, 0.3) is 5.52 Å². The fraction of sp³-hybridized carbons (Fsp3) is 0.500. The average molecular weight is 274 g/mol. The fourth-order valence-corrected chi connectivity index (χ4v) is 2.57. The monoisotopic (exact) mass is 274 g/mol. The van der Waals surface area contributed by atoms with E-state index in [1.54, 1.807) is 0 Å². The van der Waals surface area contributed by atoms with E-state index in [0.717, 1.165) is 48.9 Å². The Morgan fingerprint density at radius 1 is 1.20 bits per heavy atom. The molecule has 20 heavy (non-hydrogen) atoms. The third kappa shape index (κ3) is 2.16. The van der Waals surface area contributed by atoms with Crippen LogP contribution in [0.2, 0.25) is 0 Å². The molecule has 1 aliphatic heterocycles. The molecule has 3 heterocycles. The number of hydrogen-bond acceptors (Lipinski definition) is 5. The molecule has 0 saturated carbocycles. The summed E-state index contributed by atoms with van der Waals surface area (Å²) in [4.78, 5) is 6.67. The van der Waals surface area contributed by atoms with Gasteiger partial charge >= 0.3 is 0 Å². The minimum atomic E-state index is 0.776. The highest BCUT2D eigenvalue weighted by atomic mass is 15.4. The second kappa shape index (κ2) is 4.86. The number of rotatable bonds is 2. The van der Waals surface area contributed by atoms with E-state index in [1.807, 2.05) is 30.9 Å². The van der Waals surface area contributed by atoms with Crippen LogP contribution in [0, 0.1) is 0 Å². The number of nitrogen functional groups attached to an aromatic ring is 1. The molecule has 0 aromatic carbocycles. The fourth-order valence-electron chi connectivity index (χ4n) is 2.57. The van der Waals surface area contributed by atoms with Gasteiger partial charge in [0.1, 0.15) is 5.69 Å². The third-order valence-corrected chi connectivity index (χ3v) is 3.96. The number of anilines is 3. The van der Waals surface area contributed by atoms with Crippen LogP contribution in [0.1, 0.15) is 0 Å². The van der Waals surface area contributed by atoms with Crippen molar-refractivity contribution in [3.05, 3.63) is 18.3 Å². The predicted molar refractivity (Wildman–Crippen MR) is 83.6 cm³/mol. The van der Waals surface area contributed by atoms with Gasteiger partial charge in [0.05, 0.1) is 5.52 Å². The Balaban J connectivity index is 1.98. The van der Waals surface area contributed by atoms with E-state index in [4.69, 9.17) is 5.73 Å². The molecule has 3 rings (SSSR count). The Labute approximate surface area is 119 Å². The largest absolute Gasteiger partial charge is 0.394 e. The van der Waals surface area contributed by atoms with Gasteiger partial charge in [0, 0.05) is 52.2 Å². The molecule has 6 heteroatoms. The van der Waals surface area contributed by atoms with Crippen molar-refractivity contribution in [2.45, 2.75) is 0 Å². The Hall–Kier alpha value is -1.95. The topological polar surface area (TPSA) is 53.0 Å². The van der Waals surface area contributed by atoms with Gasteiger partial charge in [-0.25, -0.2) is 4.52 Å². The highest BCUT2D eigenvalue weighted by molar-refractivity contribution is 5.83. The molecular formula is C14H22N6. The zero-order chi connectivity index (χ0) is 14.3. The summed E-state index contributed by atoms with van der Waals surface area (Å²) in [6, 6.07) is 4.13. The molecule has 0 bridgehead atoms. The average Bonchev–Trinajstić information content (AvgIpc) is 2.76. The lowest BCUT2D eigenvalue weighted by Gasteiger charge is -2.32. The smallest absolute Gasteiger partial charge is 0.175 e. The lowest BCUT2D eigenvalue weighted by molar-refractivity contribution is 0.312. The molecule has 0 unspecified atom stereocenters. The summed E-state index contributed by atoms with van der Waals surface area (Å²) in [5.41, 5.74) is 9.20. The molecule has 0 atom stereocenters. The zero-order valence-electron chi connectivity index (χ0n) is 12.4. The van der Waals surface area contributed by atoms with E-state index in [9.17, 15) is 0 Å². The Morgan fingerprint density at radius 2 is 1.90 bits per heavy atom. The Bertz CT molecular complexity index is 609. The van der Waals surface area contributed by atoms with Crippen LogP contribution in [0.15, 0.2) is 18.3 Å². The van der Waals surface area contributed by atoms with E-state index in [1.165, 1.54) is 0 Å². The van der Waals surface area contributed by atoms with Gasteiger partial charge in [-0.1, -0.05) is 0 Å². The van der Waals surface area contributed by atoms with Gasteiger partial charge in [-0.2, -0.15) is 0 Å². The van der Waals surface area contributed by atoms with Crippen molar-refractivity contribution < 1.29 is 0 Å². The van der Waals surface area contributed by atoms with Gasteiger partial charge in [0.25, 0.3) is 0 Å². The Kier molecular flexibility index (Phi) is 3.17. The summed E-state index contributed by atoms with van der Waals surface area (Å²) in [6.07, 6.45) is 1.97. The second-order valence-electron chi connectivity index (χ2n) is 5.64. The molecular weight excluding hydrogens is 252 g/mol. The molecule has 0 radical (unpaired) electrons. The van der Waals surface area contributed by atoms with Crippen LogP contribution in [0.4, 0.5) is 17.2 Å². The summed E-state index contributed by atoms with van der Waals surface area (Å²) in [5, 5.41) is 4.64. The number of nitrogens with zero attached hydrogens (tertiary/aromatic N) is 5. The molecule has 6 nitrogen and oxygen atoms in total. The maximum atomic E-state index is 6.32. The van der Waals surface area contributed by atoms with Crippen molar-refractivity contribution in [2.75, 3.05) is 62.9 Å². The van der Waals surface area contributed by atoms with Crippen LogP contribution < -0.4 is 15.5 Å². The highest BCUT2D eigenvalue weighted by Gasteiger charge is 2.20. The number of pyridine rings is 1. The quantitative estimate of drug-likeness (QED) is 0.875. The summed E-state index contributed by atoms with van der Waals surface area (Å²) < 4.78 is 1.87. The molecule has 1 aliphatic rings. The molecule has 0 amide bonds. The number of likely N-dealkylation sites (N-methyl/N-ethyl adjacent to an activating group) is 1. The summed E-state index contributed by atoms with van der Waals surface area (Å²) in [6.45, 7) is 4.06. The maximum Gasteiger partial charge on any atom is 0.175 e. The third-order valence-electron chi connectivity index (χ3n) is 3.96. The number of piperazine rings is 1. The van der Waals surface area contributed by atoms with Gasteiger partial charge in [0.15, 0.2) is 5.82 Å². The van der Waals surface area contributed by atoms with Crippen LogP contribution in [0.3, 0.4) is 0 Å². The normalized spacial score (nSPS) is 16.9. The van der Waals surface area contributed by atoms with Crippen molar-refractivity contribution in [3.8, 4) is 0 Å². The molecule has 1 fully saturated rings. The summed E-state index contributed by atoms with van der Waals surface area (Å²) in [7, 11) is 6.20. The molecule has 1 saturated heterocycles. The SMILES string of the molecule is CN1CCN(c2nn3ccc(N(C)C)cc3c2N)CC1. The van der Waals surface area contributed by atoms with Crippen molar-refractivity contribution in [3.63, 3.8) is 0 Å². The lowest BCUT2D eigenvalue weighted by Crippen LogP contribution is -2.44. The molecule has 2 N–H and O–H groups in total. The van der Waals surface area contributed by atoms with Gasteiger partial charge in [0.2, 0.25) is 0 Å². The number of hydrogen-bond donors (Lipinski definition) is 1. The van der Waals surface area contributed by atoms with Crippen LogP contribution >= 0.6 is 0 Å².